The lowest BCUT2D eigenvalue weighted by molar-refractivity contribution is -0.121. The average molecular weight is 205 g/mol. The Bertz CT molecular complexity index is 275. The topological polar surface area (TPSA) is 40.9 Å². The van der Waals surface area contributed by atoms with Crippen LogP contribution in [-0.4, -0.2) is 5.78 Å². The Balaban J connectivity index is 2.43. The third-order valence-corrected chi connectivity index (χ3v) is 3.11. The second-order valence-electron chi connectivity index (χ2n) is 4.23. The van der Waals surface area contributed by atoms with Crippen LogP contribution < -0.4 is 0 Å². The van der Waals surface area contributed by atoms with Gasteiger partial charge in [0.25, 0.3) is 0 Å². The van der Waals surface area contributed by atoms with Gasteiger partial charge in [0.05, 0.1) is 6.07 Å². The van der Waals surface area contributed by atoms with E-state index >= 15 is 0 Å². The lowest BCUT2D eigenvalue weighted by atomic mass is 9.90. The Labute approximate surface area is 92.0 Å². The lowest BCUT2D eigenvalue weighted by Gasteiger charge is -2.12. The van der Waals surface area contributed by atoms with Gasteiger partial charge in [-0.25, -0.2) is 0 Å². The van der Waals surface area contributed by atoms with Crippen molar-refractivity contribution in [2.24, 2.45) is 11.8 Å². The fraction of sp³-hybridized carbons (Fsp3) is 0.692. The molecule has 0 aromatic heterocycles. The minimum atomic E-state index is 0.123. The highest BCUT2D eigenvalue weighted by Crippen LogP contribution is 2.33. The molecule has 1 rings (SSSR count). The second kappa shape index (κ2) is 6.40. The van der Waals surface area contributed by atoms with Crippen LogP contribution in [0.1, 0.15) is 45.4 Å². The van der Waals surface area contributed by atoms with Gasteiger partial charge in [0.2, 0.25) is 0 Å². The number of carbonyl (C=O) groups excluding carboxylic acids is 1. The Hall–Kier alpha value is -1.10. The molecule has 0 heterocycles. The van der Waals surface area contributed by atoms with Crippen LogP contribution in [0.4, 0.5) is 0 Å². The summed E-state index contributed by atoms with van der Waals surface area (Å²) in [5, 5.41) is 8.66. The first-order valence-corrected chi connectivity index (χ1v) is 5.84. The molecule has 1 fully saturated rings. The summed E-state index contributed by atoms with van der Waals surface area (Å²) in [4.78, 5) is 11.6. The Kier molecular flexibility index (Phi) is 5.10. The number of nitriles is 1. The van der Waals surface area contributed by atoms with E-state index in [1.54, 1.807) is 0 Å². The highest BCUT2D eigenvalue weighted by Gasteiger charge is 2.33. The van der Waals surface area contributed by atoms with Gasteiger partial charge in [-0.2, -0.15) is 5.26 Å². The lowest BCUT2D eigenvalue weighted by Crippen LogP contribution is -2.13. The minimum absolute atomic E-state index is 0.123. The molecule has 15 heavy (non-hydrogen) atoms. The van der Waals surface area contributed by atoms with E-state index < -0.39 is 0 Å². The molecule has 0 saturated heterocycles. The van der Waals surface area contributed by atoms with E-state index in [0.717, 1.165) is 25.7 Å². The van der Waals surface area contributed by atoms with Gasteiger partial charge >= 0.3 is 0 Å². The normalized spacial score (nSPS) is 26.0. The van der Waals surface area contributed by atoms with E-state index in [1.807, 2.05) is 0 Å². The van der Waals surface area contributed by atoms with Crippen molar-refractivity contribution in [2.75, 3.05) is 0 Å². The molecule has 0 spiro atoms. The molecule has 2 heteroatoms. The molecule has 82 valence electrons. The van der Waals surface area contributed by atoms with E-state index in [0.29, 0.717) is 24.5 Å². The summed E-state index contributed by atoms with van der Waals surface area (Å²) in [6, 6.07) is 2.19. The number of unbranched alkanes of at least 4 members (excludes halogenated alkanes) is 1. The summed E-state index contributed by atoms with van der Waals surface area (Å²) < 4.78 is 0. The maximum absolute atomic E-state index is 11.6. The second-order valence-corrected chi connectivity index (χ2v) is 4.23. The van der Waals surface area contributed by atoms with Gasteiger partial charge < -0.3 is 0 Å². The van der Waals surface area contributed by atoms with Gasteiger partial charge in [0.1, 0.15) is 5.78 Å². The van der Waals surface area contributed by atoms with E-state index in [9.17, 15) is 4.79 Å². The number of nitrogens with zero attached hydrogens (tertiary/aromatic N) is 1. The molecule has 0 aliphatic heterocycles. The Morgan fingerprint density at radius 3 is 3.00 bits per heavy atom. The molecule has 1 saturated carbocycles. The predicted octanol–water partition coefficient (Wildman–Crippen LogP) is 3.24. The molecule has 0 radical (unpaired) electrons. The van der Waals surface area contributed by atoms with Crippen LogP contribution in [0, 0.1) is 23.2 Å². The molecule has 1 aliphatic carbocycles. The summed E-state index contributed by atoms with van der Waals surface area (Å²) in [7, 11) is 0. The summed E-state index contributed by atoms with van der Waals surface area (Å²) in [5.41, 5.74) is 0. The van der Waals surface area contributed by atoms with Gasteiger partial charge in [-0.3, -0.25) is 4.79 Å². The first kappa shape index (κ1) is 12.0. The monoisotopic (exact) mass is 205 g/mol. The van der Waals surface area contributed by atoms with Crippen molar-refractivity contribution < 1.29 is 4.79 Å². The third-order valence-electron chi connectivity index (χ3n) is 3.11. The standard InChI is InChI=1S/C13H19NO/c1-2-3-4-5-6-12-11(9-10-14)7-8-13(12)15/h4-5,11-12H,2-3,6-9H2,1H3/b5-4+. The van der Waals surface area contributed by atoms with Crippen molar-refractivity contribution in [3.05, 3.63) is 12.2 Å². The smallest absolute Gasteiger partial charge is 0.136 e. The van der Waals surface area contributed by atoms with E-state index in [-0.39, 0.29) is 5.92 Å². The molecule has 2 unspecified atom stereocenters. The largest absolute Gasteiger partial charge is 0.299 e. The van der Waals surface area contributed by atoms with Crippen molar-refractivity contribution in [1.29, 1.82) is 5.26 Å². The van der Waals surface area contributed by atoms with Gasteiger partial charge in [0, 0.05) is 18.8 Å². The first-order valence-electron chi connectivity index (χ1n) is 5.84. The van der Waals surface area contributed by atoms with E-state index in [2.05, 4.69) is 25.1 Å². The van der Waals surface area contributed by atoms with Crippen LogP contribution in [0.5, 0.6) is 0 Å². The first-order chi connectivity index (χ1) is 7.29. The number of hydrogen-bond donors (Lipinski definition) is 0. The van der Waals surface area contributed by atoms with Crippen molar-refractivity contribution in [3.8, 4) is 6.07 Å². The highest BCUT2D eigenvalue weighted by atomic mass is 16.1. The van der Waals surface area contributed by atoms with Crippen molar-refractivity contribution >= 4 is 5.78 Å². The summed E-state index contributed by atoms with van der Waals surface area (Å²) in [6.07, 6.45) is 9.47. The fourth-order valence-corrected chi connectivity index (χ4v) is 2.19. The molecule has 1 aliphatic rings. The minimum Gasteiger partial charge on any atom is -0.299 e. The molecule has 2 nitrogen and oxygen atoms in total. The summed E-state index contributed by atoms with van der Waals surface area (Å²) in [6.45, 7) is 2.14. The molecule has 0 aromatic rings. The zero-order valence-corrected chi connectivity index (χ0v) is 9.41. The number of hydrogen-bond acceptors (Lipinski definition) is 2. The van der Waals surface area contributed by atoms with Crippen molar-refractivity contribution in [1.82, 2.24) is 0 Å². The molecule has 0 N–H and O–H groups in total. The maximum atomic E-state index is 11.6. The molecular weight excluding hydrogens is 186 g/mol. The zero-order valence-electron chi connectivity index (χ0n) is 9.41. The molecule has 0 amide bonds. The SMILES string of the molecule is CCC/C=C/CC1C(=O)CCC1CC#N. The van der Waals surface area contributed by atoms with Crippen LogP contribution in [0.3, 0.4) is 0 Å². The number of Topliss-reactive ketones (excluding diaryl/α,β-unsaturated/α-hetero) is 1. The number of carbonyl (C=O) groups is 1. The predicted molar refractivity (Wildman–Crippen MR) is 60.1 cm³/mol. The van der Waals surface area contributed by atoms with Crippen LogP contribution in [0.15, 0.2) is 12.2 Å². The van der Waals surface area contributed by atoms with Crippen LogP contribution in [-0.2, 0) is 4.79 Å². The fourth-order valence-electron chi connectivity index (χ4n) is 2.19. The summed E-state index contributed by atoms with van der Waals surface area (Å²) in [5.74, 6) is 0.794. The van der Waals surface area contributed by atoms with Gasteiger partial charge in [-0.05, 0) is 25.2 Å². The zero-order chi connectivity index (χ0) is 11.1. The van der Waals surface area contributed by atoms with E-state index in [1.165, 1.54) is 0 Å². The van der Waals surface area contributed by atoms with Crippen molar-refractivity contribution in [3.63, 3.8) is 0 Å². The van der Waals surface area contributed by atoms with Gasteiger partial charge in [0.15, 0.2) is 0 Å². The molecule has 2 atom stereocenters. The Morgan fingerprint density at radius 2 is 2.33 bits per heavy atom. The van der Waals surface area contributed by atoms with Gasteiger partial charge in [-0.1, -0.05) is 25.5 Å². The Morgan fingerprint density at radius 1 is 1.53 bits per heavy atom. The number of rotatable bonds is 5. The average Bonchev–Trinajstić information content (AvgIpc) is 2.56. The molecule has 0 aromatic carbocycles. The van der Waals surface area contributed by atoms with Gasteiger partial charge in [-0.15, -0.1) is 0 Å². The third kappa shape index (κ3) is 3.51. The summed E-state index contributed by atoms with van der Waals surface area (Å²) >= 11 is 0. The quantitative estimate of drug-likeness (QED) is 0.646. The number of allylic oxidation sites excluding steroid dienone is 2. The van der Waals surface area contributed by atoms with Crippen molar-refractivity contribution in [2.45, 2.75) is 45.4 Å². The molecular formula is C13H19NO. The van der Waals surface area contributed by atoms with Crippen LogP contribution in [0.25, 0.3) is 0 Å². The van der Waals surface area contributed by atoms with Crippen LogP contribution in [0.2, 0.25) is 0 Å². The molecule has 0 bridgehead atoms. The maximum Gasteiger partial charge on any atom is 0.136 e. The highest BCUT2D eigenvalue weighted by molar-refractivity contribution is 5.83. The number of ketones is 1. The van der Waals surface area contributed by atoms with E-state index in [4.69, 9.17) is 5.26 Å². The van der Waals surface area contributed by atoms with Crippen LogP contribution >= 0.6 is 0 Å².